The number of carbonyl (C=O) groups excluding carboxylic acids is 2. The van der Waals surface area contributed by atoms with Crippen LogP contribution >= 0.6 is 24.2 Å². The SMILES string of the molecule is COC(=O)C(CNC(=O)CC1CSCCN1)Cc1cccc(C)c1.Cl. The molecule has 0 aromatic heterocycles. The van der Waals surface area contributed by atoms with Gasteiger partial charge in [-0.15, -0.1) is 12.4 Å². The maximum absolute atomic E-state index is 12.1. The number of ether oxygens (including phenoxy) is 1. The lowest BCUT2D eigenvalue weighted by Gasteiger charge is -2.23. The largest absolute Gasteiger partial charge is 0.469 e. The predicted octanol–water partition coefficient (Wildman–Crippen LogP) is 1.96. The average Bonchev–Trinajstić information content (AvgIpc) is 2.59. The van der Waals surface area contributed by atoms with Crippen molar-refractivity contribution in [3.05, 3.63) is 35.4 Å². The van der Waals surface area contributed by atoms with E-state index < -0.39 is 0 Å². The fourth-order valence-corrected chi connectivity index (χ4v) is 3.76. The molecule has 5 nitrogen and oxygen atoms in total. The summed E-state index contributed by atoms with van der Waals surface area (Å²) in [6.07, 6.45) is 1.01. The van der Waals surface area contributed by atoms with Gasteiger partial charge in [-0.25, -0.2) is 0 Å². The zero-order valence-electron chi connectivity index (χ0n) is 14.7. The molecule has 1 heterocycles. The van der Waals surface area contributed by atoms with E-state index in [1.54, 1.807) is 0 Å². The molecule has 2 atom stereocenters. The van der Waals surface area contributed by atoms with E-state index in [1.165, 1.54) is 7.11 Å². The molecule has 1 fully saturated rings. The maximum atomic E-state index is 12.1. The van der Waals surface area contributed by atoms with Gasteiger partial charge in [0, 0.05) is 37.1 Å². The fourth-order valence-electron chi connectivity index (χ4n) is 2.81. The smallest absolute Gasteiger partial charge is 0.310 e. The standard InChI is InChI=1S/C18H26N2O3S.ClH/c1-13-4-3-5-14(8-13)9-15(18(22)23-2)11-20-17(21)10-16-12-24-7-6-19-16;/h3-5,8,15-16,19H,6-7,9-12H2,1-2H3,(H,20,21);1H. The molecular weight excluding hydrogens is 360 g/mol. The van der Waals surface area contributed by atoms with E-state index >= 15 is 0 Å². The second-order valence-corrected chi connectivity index (χ2v) is 7.30. The summed E-state index contributed by atoms with van der Waals surface area (Å²) >= 11 is 1.86. The lowest BCUT2D eigenvalue weighted by Crippen LogP contribution is -2.42. The number of amides is 1. The summed E-state index contributed by atoms with van der Waals surface area (Å²) in [4.78, 5) is 24.1. The molecule has 0 bridgehead atoms. The van der Waals surface area contributed by atoms with Crippen molar-refractivity contribution in [2.75, 3.05) is 31.7 Å². The number of esters is 1. The molecule has 1 aliphatic rings. The molecule has 1 amide bonds. The van der Waals surface area contributed by atoms with Crippen molar-refractivity contribution < 1.29 is 14.3 Å². The minimum atomic E-state index is -0.366. The van der Waals surface area contributed by atoms with E-state index in [0.717, 1.165) is 29.2 Å². The maximum Gasteiger partial charge on any atom is 0.310 e. The molecule has 7 heteroatoms. The highest BCUT2D eigenvalue weighted by atomic mass is 35.5. The molecule has 0 aliphatic carbocycles. The zero-order chi connectivity index (χ0) is 17.4. The number of rotatable bonds is 7. The molecule has 1 aromatic carbocycles. The van der Waals surface area contributed by atoms with E-state index in [-0.39, 0.29) is 36.2 Å². The monoisotopic (exact) mass is 386 g/mol. The third-order valence-corrected chi connectivity index (χ3v) is 5.21. The molecule has 2 unspecified atom stereocenters. The Morgan fingerprint density at radius 2 is 2.24 bits per heavy atom. The van der Waals surface area contributed by atoms with Crippen molar-refractivity contribution in [1.29, 1.82) is 0 Å². The summed E-state index contributed by atoms with van der Waals surface area (Å²) in [7, 11) is 1.39. The summed E-state index contributed by atoms with van der Waals surface area (Å²) in [6, 6.07) is 8.27. The number of carbonyl (C=O) groups is 2. The second-order valence-electron chi connectivity index (χ2n) is 6.15. The Kier molecular flexibility index (Phi) is 9.93. The third kappa shape index (κ3) is 7.67. The van der Waals surface area contributed by atoms with Crippen LogP contribution in [0.4, 0.5) is 0 Å². The summed E-state index contributed by atoms with van der Waals surface area (Å²) in [6.45, 7) is 3.27. The normalized spacial score (nSPS) is 17.9. The quantitative estimate of drug-likeness (QED) is 0.701. The number of nitrogens with one attached hydrogen (secondary N) is 2. The molecule has 0 radical (unpaired) electrons. The van der Waals surface area contributed by atoms with Crippen molar-refractivity contribution in [2.24, 2.45) is 5.92 Å². The Balaban J connectivity index is 0.00000312. The highest BCUT2D eigenvalue weighted by Gasteiger charge is 2.22. The summed E-state index contributed by atoms with van der Waals surface area (Å²) in [5.41, 5.74) is 2.23. The number of halogens is 1. The van der Waals surface area contributed by atoms with Gasteiger partial charge in [0.1, 0.15) is 0 Å². The van der Waals surface area contributed by atoms with Crippen LogP contribution in [-0.2, 0) is 20.7 Å². The molecular formula is C18H27ClN2O3S. The average molecular weight is 387 g/mol. The zero-order valence-corrected chi connectivity index (χ0v) is 16.4. The first-order valence-corrected chi connectivity index (χ1v) is 9.45. The van der Waals surface area contributed by atoms with Gasteiger partial charge < -0.3 is 15.4 Å². The van der Waals surface area contributed by atoms with Crippen LogP contribution in [0.1, 0.15) is 17.5 Å². The van der Waals surface area contributed by atoms with Gasteiger partial charge in [0.2, 0.25) is 5.91 Å². The van der Waals surface area contributed by atoms with Crippen LogP contribution in [0.25, 0.3) is 0 Å². The number of aryl methyl sites for hydroxylation is 1. The van der Waals surface area contributed by atoms with Crippen molar-refractivity contribution in [3.63, 3.8) is 0 Å². The molecule has 0 saturated carbocycles. The second kappa shape index (κ2) is 11.4. The van der Waals surface area contributed by atoms with Crippen LogP contribution in [0.15, 0.2) is 24.3 Å². The number of hydrogen-bond acceptors (Lipinski definition) is 5. The van der Waals surface area contributed by atoms with Gasteiger partial charge >= 0.3 is 5.97 Å². The van der Waals surface area contributed by atoms with E-state index in [9.17, 15) is 9.59 Å². The Morgan fingerprint density at radius 1 is 1.44 bits per heavy atom. The van der Waals surface area contributed by atoms with Gasteiger partial charge in [0.05, 0.1) is 13.0 Å². The van der Waals surface area contributed by atoms with Crippen LogP contribution < -0.4 is 10.6 Å². The van der Waals surface area contributed by atoms with Gasteiger partial charge in [0.25, 0.3) is 0 Å². The van der Waals surface area contributed by atoms with E-state index in [4.69, 9.17) is 4.74 Å². The summed E-state index contributed by atoms with van der Waals surface area (Å²) in [5.74, 6) is 1.38. The van der Waals surface area contributed by atoms with E-state index in [1.807, 2.05) is 36.9 Å². The minimum absolute atomic E-state index is 0. The first kappa shape index (κ1) is 21.8. The highest BCUT2D eigenvalue weighted by molar-refractivity contribution is 7.99. The first-order chi connectivity index (χ1) is 11.6. The Labute approximate surface area is 160 Å². The van der Waals surface area contributed by atoms with Crippen molar-refractivity contribution in [1.82, 2.24) is 10.6 Å². The number of benzene rings is 1. The minimum Gasteiger partial charge on any atom is -0.469 e. The Morgan fingerprint density at radius 3 is 2.88 bits per heavy atom. The van der Waals surface area contributed by atoms with Crippen molar-refractivity contribution in [2.45, 2.75) is 25.8 Å². The van der Waals surface area contributed by atoms with Crippen LogP contribution in [0, 0.1) is 12.8 Å². The lowest BCUT2D eigenvalue weighted by atomic mass is 9.98. The molecule has 1 aliphatic heterocycles. The van der Waals surface area contributed by atoms with E-state index in [0.29, 0.717) is 19.4 Å². The number of thioether (sulfide) groups is 1. The van der Waals surface area contributed by atoms with Crippen LogP contribution in [0.5, 0.6) is 0 Å². The summed E-state index contributed by atoms with van der Waals surface area (Å²) < 4.78 is 4.89. The Bertz CT molecular complexity index is 565. The molecule has 140 valence electrons. The van der Waals surface area contributed by atoms with Crippen LogP contribution in [0.2, 0.25) is 0 Å². The topological polar surface area (TPSA) is 67.4 Å². The van der Waals surface area contributed by atoms with Crippen molar-refractivity contribution >= 4 is 36.0 Å². The van der Waals surface area contributed by atoms with Crippen LogP contribution in [0.3, 0.4) is 0 Å². The third-order valence-electron chi connectivity index (χ3n) is 4.07. The molecule has 0 spiro atoms. The van der Waals surface area contributed by atoms with Gasteiger partial charge in [-0.2, -0.15) is 11.8 Å². The van der Waals surface area contributed by atoms with Gasteiger partial charge in [-0.1, -0.05) is 29.8 Å². The Hall–Kier alpha value is -1.24. The van der Waals surface area contributed by atoms with Gasteiger partial charge in [0.15, 0.2) is 0 Å². The molecule has 1 aromatic rings. The summed E-state index contributed by atoms with van der Waals surface area (Å²) in [5, 5.41) is 6.24. The highest BCUT2D eigenvalue weighted by Crippen LogP contribution is 2.13. The van der Waals surface area contributed by atoms with Crippen LogP contribution in [-0.4, -0.2) is 49.6 Å². The van der Waals surface area contributed by atoms with Crippen molar-refractivity contribution in [3.8, 4) is 0 Å². The fraction of sp³-hybridized carbons (Fsp3) is 0.556. The number of hydrogen-bond donors (Lipinski definition) is 2. The lowest BCUT2D eigenvalue weighted by molar-refractivity contribution is -0.145. The molecule has 25 heavy (non-hydrogen) atoms. The molecule has 2 rings (SSSR count). The van der Waals surface area contributed by atoms with E-state index in [2.05, 4.69) is 16.7 Å². The first-order valence-electron chi connectivity index (χ1n) is 8.29. The van der Waals surface area contributed by atoms with Gasteiger partial charge in [-0.05, 0) is 18.9 Å². The number of methoxy groups -OCH3 is 1. The molecule has 2 N–H and O–H groups in total. The molecule has 1 saturated heterocycles. The predicted molar refractivity (Wildman–Crippen MR) is 104 cm³/mol. The van der Waals surface area contributed by atoms with Gasteiger partial charge in [-0.3, -0.25) is 9.59 Å².